The third kappa shape index (κ3) is 8.74. The van der Waals surface area contributed by atoms with Gasteiger partial charge in [0, 0.05) is 4.91 Å². The topological polar surface area (TPSA) is 120 Å². The second kappa shape index (κ2) is 14.9. The largest absolute Gasteiger partial charge is 0.374 e. The molecule has 9 nitrogen and oxygen atoms in total. The molecule has 4 rings (SSSR count). The first-order chi connectivity index (χ1) is 19.9. The zero-order valence-electron chi connectivity index (χ0n) is 23.0. The first kappa shape index (κ1) is 30.5. The van der Waals surface area contributed by atoms with Gasteiger partial charge in [0.1, 0.15) is 18.2 Å². The maximum absolute atomic E-state index is 13.5. The van der Waals surface area contributed by atoms with Crippen molar-refractivity contribution in [1.82, 2.24) is 0 Å². The van der Waals surface area contributed by atoms with E-state index < -0.39 is 39.6 Å². The number of sulfone groups is 1. The van der Waals surface area contributed by atoms with E-state index in [1.165, 1.54) is 0 Å². The molecular weight excluding hydrogens is 542 g/mol. The molecule has 0 spiro atoms. The summed E-state index contributed by atoms with van der Waals surface area (Å²) in [5.41, 5.74) is 11.2. The lowest BCUT2D eigenvalue weighted by atomic mass is 9.97. The molecule has 1 fully saturated rings. The van der Waals surface area contributed by atoms with Crippen LogP contribution in [-0.2, 0) is 48.6 Å². The molecule has 0 amide bonds. The van der Waals surface area contributed by atoms with Gasteiger partial charge in [0.25, 0.3) is 0 Å². The average Bonchev–Trinajstić information content (AvgIpc) is 2.97. The fourth-order valence-corrected chi connectivity index (χ4v) is 6.52. The molecule has 0 aromatic heterocycles. The second-order valence-electron chi connectivity index (χ2n) is 10.0. The highest BCUT2D eigenvalue weighted by molar-refractivity contribution is 7.92. The number of nitrogens with zero attached hydrogens (tertiary/aromatic N) is 3. The molecule has 41 heavy (non-hydrogen) atoms. The Morgan fingerprint density at radius 1 is 0.854 bits per heavy atom. The van der Waals surface area contributed by atoms with Crippen molar-refractivity contribution >= 4 is 9.84 Å². The predicted molar refractivity (Wildman–Crippen MR) is 156 cm³/mol. The molecule has 10 heteroatoms. The van der Waals surface area contributed by atoms with E-state index in [0.717, 1.165) is 16.7 Å². The van der Waals surface area contributed by atoms with Crippen molar-refractivity contribution in [3.63, 3.8) is 0 Å². The summed E-state index contributed by atoms with van der Waals surface area (Å²) in [5.74, 6) is -0.326. The van der Waals surface area contributed by atoms with Crippen molar-refractivity contribution in [3.05, 3.63) is 130 Å². The van der Waals surface area contributed by atoms with Gasteiger partial charge >= 0.3 is 0 Å². The SMILES string of the molecule is C=C(C)CS(=O)(=O)C1O[C@H](COCc2ccccc2)[C@@H](OCc2ccccc2)[C@H](OCc2ccccc2)C1N=[N+]=[N-]. The lowest BCUT2D eigenvalue weighted by molar-refractivity contribution is -0.212. The number of hydrogen-bond acceptors (Lipinski definition) is 7. The van der Waals surface area contributed by atoms with Crippen LogP contribution in [-0.4, -0.2) is 50.6 Å². The minimum Gasteiger partial charge on any atom is -0.374 e. The Labute approximate surface area is 241 Å². The van der Waals surface area contributed by atoms with Crippen LogP contribution in [0.4, 0.5) is 0 Å². The van der Waals surface area contributed by atoms with Gasteiger partial charge in [-0.2, -0.15) is 0 Å². The Morgan fingerprint density at radius 3 is 1.83 bits per heavy atom. The average molecular weight is 578 g/mol. The van der Waals surface area contributed by atoms with E-state index in [9.17, 15) is 13.9 Å². The smallest absolute Gasteiger partial charge is 0.181 e. The Morgan fingerprint density at radius 2 is 1.34 bits per heavy atom. The molecule has 1 aliphatic rings. The number of hydrogen-bond donors (Lipinski definition) is 0. The van der Waals surface area contributed by atoms with Crippen molar-refractivity contribution in [2.45, 2.75) is 56.5 Å². The zero-order chi connectivity index (χ0) is 29.1. The molecule has 0 N–H and O–H groups in total. The van der Waals surface area contributed by atoms with Crippen LogP contribution in [0.3, 0.4) is 0 Å². The lowest BCUT2D eigenvalue weighted by Crippen LogP contribution is -2.61. The van der Waals surface area contributed by atoms with E-state index in [2.05, 4.69) is 16.6 Å². The predicted octanol–water partition coefficient (Wildman–Crippen LogP) is 5.77. The molecule has 0 saturated carbocycles. The van der Waals surface area contributed by atoms with Gasteiger partial charge in [-0.3, -0.25) is 0 Å². The summed E-state index contributed by atoms with van der Waals surface area (Å²) in [6.07, 6.45) is -2.58. The summed E-state index contributed by atoms with van der Waals surface area (Å²) < 4.78 is 52.0. The van der Waals surface area contributed by atoms with Crippen molar-refractivity contribution < 1.29 is 27.4 Å². The Kier molecular flexibility index (Phi) is 11.1. The van der Waals surface area contributed by atoms with Crippen LogP contribution in [0.2, 0.25) is 0 Å². The minimum atomic E-state index is -3.95. The van der Waals surface area contributed by atoms with Gasteiger partial charge < -0.3 is 18.9 Å². The standard InChI is InChI=1S/C31H35N3O6S/c1-23(2)22-41(35,36)31-28(33-34-32)30(39-20-26-16-10-5-11-17-26)29(38-19-25-14-8-4-9-15-25)27(40-31)21-37-18-24-12-6-3-7-13-24/h3-17,27-31H,1,18-22H2,2H3/t27-,28?,29-,30-,31?/m1/s1. The lowest BCUT2D eigenvalue weighted by Gasteiger charge is -2.44. The van der Waals surface area contributed by atoms with Crippen molar-refractivity contribution in [3.8, 4) is 0 Å². The van der Waals surface area contributed by atoms with Gasteiger partial charge in [-0.25, -0.2) is 8.42 Å². The summed E-state index contributed by atoms with van der Waals surface area (Å²) in [4.78, 5) is 2.98. The Balaban J connectivity index is 1.67. The Hall–Kier alpha value is -3.50. The van der Waals surface area contributed by atoms with Crippen LogP contribution in [0.5, 0.6) is 0 Å². The third-order valence-corrected chi connectivity index (χ3v) is 8.56. The molecule has 1 aliphatic heterocycles. The fraction of sp³-hybridized carbons (Fsp3) is 0.355. The van der Waals surface area contributed by atoms with Crippen LogP contribution in [0.25, 0.3) is 10.4 Å². The summed E-state index contributed by atoms with van der Waals surface area (Å²) in [5, 5.41) is 3.90. The first-order valence-electron chi connectivity index (χ1n) is 13.4. The van der Waals surface area contributed by atoms with Crippen LogP contribution < -0.4 is 0 Å². The van der Waals surface area contributed by atoms with Crippen molar-refractivity contribution in [1.29, 1.82) is 0 Å². The quantitative estimate of drug-likeness (QED) is 0.104. The molecule has 1 saturated heterocycles. The van der Waals surface area contributed by atoms with Gasteiger partial charge in [0.15, 0.2) is 15.3 Å². The number of benzene rings is 3. The minimum absolute atomic E-state index is 0.0294. The maximum atomic E-state index is 13.5. The molecule has 216 valence electrons. The number of azide groups is 1. The zero-order valence-corrected chi connectivity index (χ0v) is 23.8. The van der Waals surface area contributed by atoms with E-state index in [1.807, 2.05) is 91.0 Å². The molecular formula is C31H35N3O6S. The van der Waals surface area contributed by atoms with Gasteiger partial charge in [-0.1, -0.05) is 108 Å². The normalized spacial score (nSPS) is 22.5. The maximum Gasteiger partial charge on any atom is 0.181 e. The number of rotatable bonds is 14. The van der Waals surface area contributed by atoms with E-state index >= 15 is 0 Å². The van der Waals surface area contributed by atoms with Gasteiger partial charge in [0.05, 0.1) is 38.3 Å². The Bertz CT molecular complexity index is 1400. The van der Waals surface area contributed by atoms with Gasteiger partial charge in [-0.15, -0.1) is 0 Å². The van der Waals surface area contributed by atoms with E-state index in [0.29, 0.717) is 12.2 Å². The number of ether oxygens (including phenoxy) is 4. The van der Waals surface area contributed by atoms with Crippen LogP contribution in [0.15, 0.2) is 108 Å². The molecule has 3 aromatic rings. The molecule has 0 bridgehead atoms. The van der Waals surface area contributed by atoms with Gasteiger partial charge in [-0.05, 0) is 29.1 Å². The van der Waals surface area contributed by atoms with Crippen molar-refractivity contribution in [2.24, 2.45) is 5.11 Å². The van der Waals surface area contributed by atoms with Gasteiger partial charge in [0.2, 0.25) is 0 Å². The third-order valence-electron chi connectivity index (χ3n) is 6.57. The van der Waals surface area contributed by atoms with Crippen molar-refractivity contribution in [2.75, 3.05) is 12.4 Å². The second-order valence-corrected chi connectivity index (χ2v) is 12.1. The summed E-state index contributed by atoms with van der Waals surface area (Å²) in [6, 6.07) is 27.5. The highest BCUT2D eigenvalue weighted by atomic mass is 32.2. The molecule has 5 atom stereocenters. The molecule has 1 heterocycles. The summed E-state index contributed by atoms with van der Waals surface area (Å²) in [7, 11) is -3.95. The highest BCUT2D eigenvalue weighted by Crippen LogP contribution is 2.33. The van der Waals surface area contributed by atoms with Crippen LogP contribution in [0.1, 0.15) is 23.6 Å². The monoisotopic (exact) mass is 577 g/mol. The molecule has 0 radical (unpaired) electrons. The van der Waals surface area contributed by atoms with E-state index in [-0.39, 0.29) is 25.6 Å². The first-order valence-corrected chi connectivity index (χ1v) is 15.1. The molecule has 3 aromatic carbocycles. The van der Waals surface area contributed by atoms with E-state index in [4.69, 9.17) is 18.9 Å². The van der Waals surface area contributed by atoms with E-state index in [1.54, 1.807) is 6.92 Å². The van der Waals surface area contributed by atoms with Crippen LogP contribution >= 0.6 is 0 Å². The molecule has 2 unspecified atom stereocenters. The van der Waals surface area contributed by atoms with Crippen LogP contribution in [0, 0.1) is 0 Å². The fourth-order valence-electron chi connectivity index (χ4n) is 4.72. The summed E-state index contributed by atoms with van der Waals surface area (Å²) >= 11 is 0. The molecule has 0 aliphatic carbocycles. The summed E-state index contributed by atoms with van der Waals surface area (Å²) in [6.45, 7) is 6.07. The highest BCUT2D eigenvalue weighted by Gasteiger charge is 2.51.